The Bertz CT molecular complexity index is 384. The van der Waals surface area contributed by atoms with Crippen LogP contribution in [0.5, 0.6) is 5.75 Å². The van der Waals surface area contributed by atoms with Crippen LogP contribution in [0, 0.1) is 6.92 Å². The molecule has 0 spiro atoms. The predicted octanol–water partition coefficient (Wildman–Crippen LogP) is 1.02. The Morgan fingerprint density at radius 3 is 2.40 bits per heavy atom. The number of nitrogens with two attached hydrogens (primary N) is 1. The van der Waals surface area contributed by atoms with Crippen LogP contribution in [-0.4, -0.2) is 15.5 Å². The lowest BCUT2D eigenvalue weighted by molar-refractivity contribution is 0.417. The molecule has 2 N–H and O–H groups in total. The van der Waals surface area contributed by atoms with Gasteiger partial charge in [-0.05, 0) is 30.2 Å². The third-order valence-electron chi connectivity index (χ3n) is 1.84. The van der Waals surface area contributed by atoms with Crippen LogP contribution in [-0.2, 0) is 11.6 Å². The van der Waals surface area contributed by atoms with Gasteiger partial charge >= 0.3 is 0 Å². The van der Waals surface area contributed by atoms with Crippen LogP contribution in [0.4, 0.5) is 5.69 Å². The third-order valence-corrected chi connectivity index (χ3v) is 1.84. The molecule has 0 aliphatic carbocycles. The molecule has 0 saturated carbocycles. The van der Waals surface area contributed by atoms with Gasteiger partial charge in [0.15, 0.2) is 0 Å². The Hall–Kier alpha value is -1.49. The maximum Gasteiger partial charge on any atom is 0.142 e. The van der Waals surface area contributed by atoms with Gasteiger partial charge in [-0.3, -0.25) is 0 Å². The first-order chi connectivity index (χ1) is 7.10. The number of rotatable bonds is 2. The zero-order valence-electron chi connectivity index (χ0n) is 8.74. The molecule has 0 saturated heterocycles. The van der Waals surface area contributed by atoms with E-state index in [1.54, 1.807) is 13.2 Å². The topological polar surface area (TPSA) is 69.4 Å². The monoisotopic (exact) mass is 229 g/mol. The van der Waals surface area contributed by atoms with Crippen molar-refractivity contribution in [1.29, 1.82) is 0 Å². The number of ether oxygens (including phenoxy) is 1. The van der Waals surface area contributed by atoms with Gasteiger partial charge in [-0.2, -0.15) is 0 Å². The minimum Gasteiger partial charge on any atom is -0.495 e. The maximum atomic E-state index is 8.40. The average molecular weight is 229 g/mol. The molecule has 0 radical (unpaired) electrons. The standard InChI is InChI=1S/C10H13NO.H2O2S/c1-4-8-6-10(12-3)9(11)5-7(8)2;1-3-2/h4-6H,1,11H2,2-3H3;3H2. The second kappa shape index (κ2) is 6.89. The molecule has 0 heterocycles. The van der Waals surface area contributed by atoms with Gasteiger partial charge < -0.3 is 10.5 Å². The summed E-state index contributed by atoms with van der Waals surface area (Å²) in [7, 11) is 1.61. The minimum absolute atomic E-state index is 0.667. The SMILES string of the molecule is C=Cc1cc(OC)c(N)cc1C.O=[SH2]=O. The van der Waals surface area contributed by atoms with Crippen molar-refractivity contribution in [3.63, 3.8) is 0 Å². The number of methoxy groups -OCH3 is 1. The number of hydrogen-bond donors (Lipinski definition) is 1. The van der Waals surface area contributed by atoms with Crippen molar-refractivity contribution < 1.29 is 13.2 Å². The van der Waals surface area contributed by atoms with Crippen LogP contribution >= 0.6 is 0 Å². The van der Waals surface area contributed by atoms with Gasteiger partial charge in [0, 0.05) is 0 Å². The van der Waals surface area contributed by atoms with E-state index in [0.717, 1.165) is 11.1 Å². The van der Waals surface area contributed by atoms with Crippen molar-refractivity contribution in [3.8, 4) is 5.75 Å². The summed E-state index contributed by atoms with van der Waals surface area (Å²) < 4.78 is 21.9. The molecule has 0 amide bonds. The molecule has 1 aromatic rings. The van der Waals surface area contributed by atoms with E-state index in [1.807, 2.05) is 19.1 Å². The van der Waals surface area contributed by atoms with Gasteiger partial charge in [0.05, 0.1) is 12.8 Å². The number of nitrogen functional groups attached to an aromatic ring is 1. The van der Waals surface area contributed by atoms with E-state index in [4.69, 9.17) is 18.9 Å². The Balaban J connectivity index is 0.000000583. The minimum atomic E-state index is -1.42. The molecule has 0 fully saturated rings. The highest BCUT2D eigenvalue weighted by molar-refractivity contribution is 7.51. The molecule has 84 valence electrons. The quantitative estimate of drug-likeness (QED) is 0.769. The number of aryl methyl sites for hydroxylation is 1. The summed E-state index contributed by atoms with van der Waals surface area (Å²) in [6.07, 6.45) is 1.79. The summed E-state index contributed by atoms with van der Waals surface area (Å²) >= 11 is -1.42. The third kappa shape index (κ3) is 4.03. The van der Waals surface area contributed by atoms with Gasteiger partial charge in [-0.1, -0.05) is 12.7 Å². The fourth-order valence-electron chi connectivity index (χ4n) is 1.12. The molecule has 1 aromatic carbocycles. The van der Waals surface area contributed by atoms with Crippen LogP contribution in [0.2, 0.25) is 0 Å². The van der Waals surface area contributed by atoms with Crippen LogP contribution < -0.4 is 10.5 Å². The smallest absolute Gasteiger partial charge is 0.142 e. The molecule has 0 aliphatic heterocycles. The summed E-state index contributed by atoms with van der Waals surface area (Å²) in [6.45, 7) is 5.69. The van der Waals surface area contributed by atoms with E-state index in [9.17, 15) is 0 Å². The van der Waals surface area contributed by atoms with Crippen LogP contribution in [0.1, 0.15) is 11.1 Å². The van der Waals surface area contributed by atoms with Crippen molar-refractivity contribution >= 4 is 23.3 Å². The zero-order chi connectivity index (χ0) is 11.8. The Morgan fingerprint density at radius 2 is 2.00 bits per heavy atom. The number of anilines is 1. The maximum absolute atomic E-state index is 8.40. The summed E-state index contributed by atoms with van der Waals surface area (Å²) in [6, 6.07) is 3.77. The zero-order valence-corrected chi connectivity index (χ0v) is 9.74. The molecule has 0 aliphatic rings. The summed E-state index contributed by atoms with van der Waals surface area (Å²) in [5, 5.41) is 0. The van der Waals surface area contributed by atoms with Crippen molar-refractivity contribution in [1.82, 2.24) is 0 Å². The lowest BCUT2D eigenvalue weighted by Crippen LogP contribution is -1.94. The molecule has 4 nitrogen and oxygen atoms in total. The molecular weight excluding hydrogens is 214 g/mol. The summed E-state index contributed by atoms with van der Waals surface area (Å²) in [4.78, 5) is 0. The normalized spacial score (nSPS) is 8.67. The molecule has 0 atom stereocenters. The Labute approximate surface area is 92.4 Å². The fraction of sp³-hybridized carbons (Fsp3) is 0.200. The first-order valence-electron chi connectivity index (χ1n) is 4.16. The first-order valence-corrected chi connectivity index (χ1v) is 4.98. The number of benzene rings is 1. The molecule has 0 unspecified atom stereocenters. The summed E-state index contributed by atoms with van der Waals surface area (Å²) in [5.74, 6) is 0.704. The van der Waals surface area contributed by atoms with E-state index in [0.29, 0.717) is 11.4 Å². The van der Waals surface area contributed by atoms with Crippen molar-refractivity contribution in [2.75, 3.05) is 12.8 Å². The van der Waals surface area contributed by atoms with Crippen molar-refractivity contribution in [2.45, 2.75) is 6.92 Å². The largest absolute Gasteiger partial charge is 0.495 e. The van der Waals surface area contributed by atoms with Crippen molar-refractivity contribution in [3.05, 3.63) is 29.8 Å². The fourth-order valence-corrected chi connectivity index (χ4v) is 1.12. The van der Waals surface area contributed by atoms with E-state index in [2.05, 4.69) is 6.58 Å². The first kappa shape index (κ1) is 13.5. The Morgan fingerprint density at radius 1 is 1.47 bits per heavy atom. The second-order valence-corrected chi connectivity index (χ2v) is 2.90. The summed E-state index contributed by atoms with van der Waals surface area (Å²) in [5.41, 5.74) is 8.53. The predicted molar refractivity (Wildman–Crippen MR) is 63.9 cm³/mol. The highest BCUT2D eigenvalue weighted by atomic mass is 32.1. The highest BCUT2D eigenvalue weighted by Gasteiger charge is 2.01. The van der Waals surface area contributed by atoms with E-state index >= 15 is 0 Å². The molecule has 1 rings (SSSR count). The molecule has 0 bridgehead atoms. The molecule has 0 aromatic heterocycles. The molecule has 5 heteroatoms. The van der Waals surface area contributed by atoms with Gasteiger partial charge in [0.1, 0.15) is 17.3 Å². The van der Waals surface area contributed by atoms with Crippen molar-refractivity contribution in [2.24, 2.45) is 0 Å². The van der Waals surface area contributed by atoms with Gasteiger partial charge in [0.2, 0.25) is 0 Å². The van der Waals surface area contributed by atoms with E-state index < -0.39 is 11.6 Å². The molecular formula is C10H15NO3S. The lowest BCUT2D eigenvalue weighted by Gasteiger charge is -2.07. The van der Waals surface area contributed by atoms with Gasteiger partial charge in [-0.15, -0.1) is 0 Å². The lowest BCUT2D eigenvalue weighted by atomic mass is 10.1. The van der Waals surface area contributed by atoms with Crippen LogP contribution in [0.25, 0.3) is 6.08 Å². The molecule has 15 heavy (non-hydrogen) atoms. The van der Waals surface area contributed by atoms with Crippen LogP contribution in [0.15, 0.2) is 18.7 Å². The van der Waals surface area contributed by atoms with E-state index in [1.165, 1.54) is 0 Å². The van der Waals surface area contributed by atoms with Gasteiger partial charge in [0.25, 0.3) is 0 Å². The Kier molecular flexibility index (Phi) is 6.21. The number of hydrogen-bond acceptors (Lipinski definition) is 4. The second-order valence-electron chi connectivity index (χ2n) is 2.74. The highest BCUT2D eigenvalue weighted by Crippen LogP contribution is 2.25. The van der Waals surface area contributed by atoms with Crippen LogP contribution in [0.3, 0.4) is 0 Å². The average Bonchev–Trinajstić information content (AvgIpc) is 2.19. The van der Waals surface area contributed by atoms with E-state index in [-0.39, 0.29) is 0 Å². The van der Waals surface area contributed by atoms with Gasteiger partial charge in [-0.25, -0.2) is 8.42 Å².